The number of hydrogen-bond donors (Lipinski definition) is 2. The van der Waals surface area contributed by atoms with Crippen LogP contribution in [0.3, 0.4) is 0 Å². The molecule has 1 aliphatic rings. The van der Waals surface area contributed by atoms with Crippen LogP contribution >= 0.6 is 28.7 Å². The quantitative estimate of drug-likeness (QED) is 0.532. The normalized spacial score (nSPS) is 14.4. The van der Waals surface area contributed by atoms with Crippen molar-refractivity contribution in [1.29, 1.82) is 5.26 Å². The number of hydrogen-bond acceptors (Lipinski definition) is 6. The molecular formula is C21H19BrN6OS. The maximum absolute atomic E-state index is 12.6. The zero-order valence-corrected chi connectivity index (χ0v) is 18.5. The van der Waals surface area contributed by atoms with Crippen LogP contribution in [0.25, 0.3) is 10.8 Å². The highest BCUT2D eigenvalue weighted by molar-refractivity contribution is 9.10. The van der Waals surface area contributed by atoms with Crippen molar-refractivity contribution in [2.45, 2.75) is 18.9 Å². The summed E-state index contributed by atoms with van der Waals surface area (Å²) in [6, 6.07) is 14.6. The van der Waals surface area contributed by atoms with Crippen molar-refractivity contribution in [2.75, 3.05) is 23.3 Å². The first kappa shape index (κ1) is 20.4. The van der Waals surface area contributed by atoms with E-state index in [-0.39, 0.29) is 12.1 Å². The molecule has 152 valence electrons. The molecule has 2 heterocycles. The molecule has 2 amide bonds. The minimum atomic E-state index is -0.282. The number of rotatable bonds is 3. The van der Waals surface area contributed by atoms with E-state index in [0.717, 1.165) is 47.0 Å². The third-order valence-electron chi connectivity index (χ3n) is 5.19. The van der Waals surface area contributed by atoms with Crippen molar-refractivity contribution in [1.82, 2.24) is 14.5 Å². The smallest absolute Gasteiger partial charge is 0.331 e. The molecule has 0 radical (unpaired) electrons. The largest absolute Gasteiger partial charge is 0.354 e. The number of anilines is 2. The number of amides is 2. The molecule has 2 aromatic carbocycles. The van der Waals surface area contributed by atoms with Gasteiger partial charge in [0.1, 0.15) is 0 Å². The number of piperidine rings is 1. The third-order valence-corrected chi connectivity index (χ3v) is 6.19. The summed E-state index contributed by atoms with van der Waals surface area (Å²) in [5.74, 6) is 0.861. The van der Waals surface area contributed by atoms with E-state index >= 15 is 0 Å². The Kier molecular flexibility index (Phi) is 6.06. The number of aromatic nitrogens is 2. The Hall–Kier alpha value is -2.83. The van der Waals surface area contributed by atoms with E-state index in [1.807, 2.05) is 12.1 Å². The summed E-state index contributed by atoms with van der Waals surface area (Å²) in [5.41, 5.74) is 1.18. The fourth-order valence-electron chi connectivity index (χ4n) is 3.56. The van der Waals surface area contributed by atoms with Crippen LogP contribution in [0.2, 0.25) is 0 Å². The van der Waals surface area contributed by atoms with Crippen molar-refractivity contribution in [3.05, 3.63) is 58.7 Å². The number of halogens is 1. The Labute approximate surface area is 188 Å². The molecule has 30 heavy (non-hydrogen) atoms. The lowest BCUT2D eigenvalue weighted by Crippen LogP contribution is -2.45. The molecule has 0 aliphatic carbocycles. The summed E-state index contributed by atoms with van der Waals surface area (Å²) < 4.78 is 2.46. The Morgan fingerprint density at radius 2 is 1.97 bits per heavy atom. The number of thiol groups is 1. The molecule has 0 bridgehead atoms. The number of carbonyl (C=O) groups is 1. The molecule has 1 fully saturated rings. The summed E-state index contributed by atoms with van der Waals surface area (Å²) in [4.78, 5) is 14.8. The number of urea groups is 1. The van der Waals surface area contributed by atoms with Crippen molar-refractivity contribution < 1.29 is 4.79 Å². The zero-order valence-electron chi connectivity index (χ0n) is 16.0. The van der Waals surface area contributed by atoms with Gasteiger partial charge in [0.05, 0.1) is 17.8 Å². The molecule has 0 atom stereocenters. The Morgan fingerprint density at radius 1 is 1.23 bits per heavy atom. The average molecular weight is 483 g/mol. The van der Waals surface area contributed by atoms with Crippen LogP contribution in [0.1, 0.15) is 18.4 Å². The zero-order chi connectivity index (χ0) is 21.1. The van der Waals surface area contributed by atoms with Gasteiger partial charge in [-0.2, -0.15) is 10.4 Å². The number of nitriles is 1. The highest BCUT2D eigenvalue weighted by Crippen LogP contribution is 2.29. The van der Waals surface area contributed by atoms with Crippen LogP contribution in [0.15, 0.2) is 53.1 Å². The van der Waals surface area contributed by atoms with E-state index in [1.54, 1.807) is 30.5 Å². The maximum atomic E-state index is 12.6. The second kappa shape index (κ2) is 8.90. The van der Waals surface area contributed by atoms with Crippen LogP contribution in [0.4, 0.5) is 16.3 Å². The first-order valence-electron chi connectivity index (χ1n) is 9.50. The summed E-state index contributed by atoms with van der Waals surface area (Å²) in [7, 11) is 0. The molecule has 4 rings (SSSR count). The van der Waals surface area contributed by atoms with Crippen molar-refractivity contribution in [3.63, 3.8) is 0 Å². The Morgan fingerprint density at radius 3 is 2.67 bits per heavy atom. The molecule has 1 aromatic heterocycles. The summed E-state index contributed by atoms with van der Waals surface area (Å²) in [6.45, 7) is 1.51. The lowest BCUT2D eigenvalue weighted by Gasteiger charge is -2.36. The van der Waals surface area contributed by atoms with Gasteiger partial charge in [-0.3, -0.25) is 4.31 Å². The van der Waals surface area contributed by atoms with E-state index in [1.165, 1.54) is 4.31 Å². The molecule has 7 nitrogen and oxygen atoms in total. The fraction of sp³-hybridized carbons (Fsp3) is 0.238. The SMILES string of the molecule is N#Cc1ccc(NC(=O)N(S)C2CCN(c3nncc4ccc(Br)cc34)CC2)cc1. The van der Waals surface area contributed by atoms with E-state index in [2.05, 4.69) is 61.3 Å². The standard InChI is InChI=1S/C21H19BrN6OS/c22-16-4-3-15-13-24-26-20(19(15)11-16)27-9-7-18(8-10-27)28(30)21(29)25-17-5-1-14(12-23)2-6-17/h1-6,11,13,18,30H,7-10H2,(H,25,29). The van der Waals surface area contributed by atoms with Gasteiger partial charge in [0, 0.05) is 40.1 Å². The first-order valence-corrected chi connectivity index (χ1v) is 10.7. The lowest BCUT2D eigenvalue weighted by molar-refractivity contribution is 0.223. The molecule has 0 saturated carbocycles. The Bertz CT molecular complexity index is 1110. The van der Waals surface area contributed by atoms with Crippen LogP contribution in [-0.4, -0.2) is 39.7 Å². The van der Waals surface area contributed by atoms with Gasteiger partial charge >= 0.3 is 6.03 Å². The Balaban J connectivity index is 1.40. The minimum absolute atomic E-state index is 0.0117. The van der Waals surface area contributed by atoms with Gasteiger partial charge in [0.15, 0.2) is 5.82 Å². The second-order valence-electron chi connectivity index (χ2n) is 7.08. The molecule has 1 N–H and O–H groups in total. The van der Waals surface area contributed by atoms with Gasteiger partial charge in [-0.05, 0) is 49.2 Å². The van der Waals surface area contributed by atoms with Gasteiger partial charge in [-0.15, -0.1) is 5.10 Å². The molecule has 0 spiro atoms. The first-order chi connectivity index (χ1) is 14.5. The highest BCUT2D eigenvalue weighted by Gasteiger charge is 2.27. The van der Waals surface area contributed by atoms with Gasteiger partial charge < -0.3 is 10.2 Å². The summed E-state index contributed by atoms with van der Waals surface area (Å²) in [5, 5.41) is 22.3. The van der Waals surface area contributed by atoms with Crippen molar-refractivity contribution in [2.24, 2.45) is 0 Å². The number of fused-ring (bicyclic) bond motifs is 1. The number of nitrogens with zero attached hydrogens (tertiary/aromatic N) is 5. The van der Waals surface area contributed by atoms with Crippen molar-refractivity contribution >= 4 is 57.1 Å². The van der Waals surface area contributed by atoms with Crippen molar-refractivity contribution in [3.8, 4) is 6.07 Å². The van der Waals surface area contributed by atoms with E-state index < -0.39 is 0 Å². The molecule has 0 unspecified atom stereocenters. The monoisotopic (exact) mass is 482 g/mol. The average Bonchev–Trinajstić information content (AvgIpc) is 2.78. The highest BCUT2D eigenvalue weighted by atomic mass is 79.9. The summed E-state index contributed by atoms with van der Waals surface area (Å²) >= 11 is 7.97. The van der Waals surface area contributed by atoms with E-state index in [0.29, 0.717) is 11.3 Å². The van der Waals surface area contributed by atoms with Gasteiger partial charge in [0.25, 0.3) is 0 Å². The fourth-order valence-corrected chi connectivity index (χ4v) is 4.21. The van der Waals surface area contributed by atoms with Gasteiger partial charge in [0.2, 0.25) is 0 Å². The number of benzene rings is 2. The second-order valence-corrected chi connectivity index (χ2v) is 8.43. The minimum Gasteiger partial charge on any atom is -0.354 e. The van der Waals surface area contributed by atoms with Crippen LogP contribution < -0.4 is 10.2 Å². The van der Waals surface area contributed by atoms with E-state index in [9.17, 15) is 4.79 Å². The van der Waals surface area contributed by atoms with Crippen LogP contribution in [0, 0.1) is 11.3 Å². The molecule has 1 aliphatic heterocycles. The molecular weight excluding hydrogens is 464 g/mol. The predicted molar refractivity (Wildman–Crippen MR) is 123 cm³/mol. The third kappa shape index (κ3) is 4.35. The number of nitrogens with one attached hydrogen (secondary N) is 1. The van der Waals surface area contributed by atoms with Gasteiger partial charge in [-0.25, -0.2) is 4.79 Å². The maximum Gasteiger partial charge on any atom is 0.331 e. The lowest BCUT2D eigenvalue weighted by atomic mass is 10.0. The van der Waals surface area contributed by atoms with Crippen LogP contribution in [0.5, 0.6) is 0 Å². The molecule has 1 saturated heterocycles. The molecule has 3 aromatic rings. The van der Waals surface area contributed by atoms with E-state index in [4.69, 9.17) is 5.26 Å². The van der Waals surface area contributed by atoms with Gasteiger partial charge in [-0.1, -0.05) is 34.8 Å². The predicted octanol–water partition coefficient (Wildman–Crippen LogP) is 4.61. The summed E-state index contributed by atoms with van der Waals surface area (Å²) in [6.07, 6.45) is 3.31. The molecule has 9 heteroatoms. The topological polar surface area (TPSA) is 85.2 Å². The number of carbonyl (C=O) groups excluding carboxylic acids is 1. The van der Waals surface area contributed by atoms with Crippen LogP contribution in [-0.2, 0) is 0 Å².